The molecule has 1 heterocycles. The smallest absolute Gasteiger partial charge is 0.337 e. The van der Waals surface area contributed by atoms with Crippen LogP contribution in [0.2, 0.25) is 0 Å². The topological polar surface area (TPSA) is 86.7 Å². The van der Waals surface area contributed by atoms with Gasteiger partial charge in [0.15, 0.2) is 0 Å². The molecule has 2 rings (SSSR count). The predicted octanol–water partition coefficient (Wildman–Crippen LogP) is 1.80. The first kappa shape index (κ1) is 15.7. The molecular formula is C14H15IN2O4. The highest BCUT2D eigenvalue weighted by molar-refractivity contribution is 14.1. The lowest BCUT2D eigenvalue weighted by atomic mass is 10.1. The van der Waals surface area contributed by atoms with E-state index in [9.17, 15) is 19.5 Å². The fourth-order valence-electron chi connectivity index (χ4n) is 2.29. The minimum Gasteiger partial charge on any atom is -0.478 e. The van der Waals surface area contributed by atoms with Crippen molar-refractivity contribution in [3.63, 3.8) is 0 Å². The fourth-order valence-corrected chi connectivity index (χ4v) is 2.78. The number of carboxylic acid groups (broad SMARTS) is 1. The molecule has 1 aliphatic heterocycles. The molecule has 0 radical (unpaired) electrons. The Bertz CT molecular complexity index is 603. The quantitative estimate of drug-likeness (QED) is 0.753. The Morgan fingerprint density at radius 3 is 2.76 bits per heavy atom. The number of likely N-dealkylation sites (tertiary alicyclic amines) is 1. The van der Waals surface area contributed by atoms with Crippen LogP contribution in [0.15, 0.2) is 18.2 Å². The monoisotopic (exact) mass is 402 g/mol. The zero-order valence-electron chi connectivity index (χ0n) is 11.4. The molecule has 6 nitrogen and oxygen atoms in total. The van der Waals surface area contributed by atoms with Gasteiger partial charge in [0.2, 0.25) is 11.8 Å². The van der Waals surface area contributed by atoms with E-state index in [-0.39, 0.29) is 29.5 Å². The van der Waals surface area contributed by atoms with E-state index in [1.54, 1.807) is 17.0 Å². The minimum absolute atomic E-state index is 0.0429. The van der Waals surface area contributed by atoms with Gasteiger partial charge >= 0.3 is 5.97 Å². The van der Waals surface area contributed by atoms with Crippen molar-refractivity contribution in [1.82, 2.24) is 4.90 Å². The third-order valence-electron chi connectivity index (χ3n) is 3.44. The van der Waals surface area contributed by atoms with E-state index in [1.165, 1.54) is 6.07 Å². The van der Waals surface area contributed by atoms with Crippen LogP contribution in [-0.2, 0) is 9.59 Å². The van der Waals surface area contributed by atoms with Gasteiger partial charge in [-0.1, -0.05) is 0 Å². The molecule has 21 heavy (non-hydrogen) atoms. The number of nitrogens with zero attached hydrogens (tertiary/aromatic N) is 1. The van der Waals surface area contributed by atoms with Gasteiger partial charge < -0.3 is 15.3 Å². The number of carbonyl (C=O) groups is 3. The van der Waals surface area contributed by atoms with Gasteiger partial charge in [0.05, 0.1) is 17.2 Å². The van der Waals surface area contributed by atoms with Crippen LogP contribution in [0.25, 0.3) is 0 Å². The van der Waals surface area contributed by atoms with Crippen LogP contribution in [0.3, 0.4) is 0 Å². The summed E-state index contributed by atoms with van der Waals surface area (Å²) in [5.74, 6) is -1.89. The molecule has 2 amide bonds. The van der Waals surface area contributed by atoms with Gasteiger partial charge in [0, 0.05) is 23.1 Å². The molecule has 7 heteroatoms. The third kappa shape index (κ3) is 3.52. The second-order valence-corrected chi connectivity index (χ2v) is 6.06. The van der Waals surface area contributed by atoms with Crippen molar-refractivity contribution >= 4 is 46.1 Å². The number of carboxylic acids is 1. The summed E-state index contributed by atoms with van der Waals surface area (Å²) < 4.78 is 0.774. The summed E-state index contributed by atoms with van der Waals surface area (Å²) in [6.07, 6.45) is 0.173. The van der Waals surface area contributed by atoms with Gasteiger partial charge in [-0.3, -0.25) is 9.59 Å². The largest absolute Gasteiger partial charge is 0.478 e. The first-order valence-corrected chi connectivity index (χ1v) is 7.61. The number of aromatic carboxylic acids is 1. The number of carbonyl (C=O) groups excluding carboxylic acids is 2. The number of anilines is 1. The summed E-state index contributed by atoms with van der Waals surface area (Å²) in [5, 5.41) is 11.8. The van der Waals surface area contributed by atoms with E-state index in [0.29, 0.717) is 13.1 Å². The van der Waals surface area contributed by atoms with E-state index >= 15 is 0 Å². The second-order valence-electron chi connectivity index (χ2n) is 4.82. The van der Waals surface area contributed by atoms with Crippen LogP contribution >= 0.6 is 22.6 Å². The van der Waals surface area contributed by atoms with Gasteiger partial charge in [-0.15, -0.1) is 0 Å². The van der Waals surface area contributed by atoms with Crippen molar-refractivity contribution in [1.29, 1.82) is 0 Å². The lowest BCUT2D eigenvalue weighted by molar-refractivity contribution is -0.128. The number of halogens is 1. The highest BCUT2D eigenvalue weighted by Crippen LogP contribution is 2.23. The number of rotatable bonds is 4. The summed E-state index contributed by atoms with van der Waals surface area (Å²) >= 11 is 2.01. The fraction of sp³-hybridized carbons (Fsp3) is 0.357. The molecule has 1 unspecified atom stereocenters. The van der Waals surface area contributed by atoms with Crippen molar-refractivity contribution in [2.24, 2.45) is 5.92 Å². The Kier molecular flexibility index (Phi) is 4.81. The first-order chi connectivity index (χ1) is 9.92. The molecule has 0 saturated carbocycles. The van der Waals surface area contributed by atoms with E-state index < -0.39 is 11.9 Å². The number of nitrogens with one attached hydrogen (secondary N) is 1. The molecule has 1 saturated heterocycles. The van der Waals surface area contributed by atoms with Crippen LogP contribution in [0, 0.1) is 9.49 Å². The maximum Gasteiger partial charge on any atom is 0.337 e. The summed E-state index contributed by atoms with van der Waals surface area (Å²) in [4.78, 5) is 36.7. The molecule has 1 aromatic rings. The Hall–Kier alpha value is -1.64. The summed E-state index contributed by atoms with van der Waals surface area (Å²) in [5.41, 5.74) is 0.308. The van der Waals surface area contributed by atoms with Crippen molar-refractivity contribution in [2.75, 3.05) is 18.4 Å². The maximum absolute atomic E-state index is 12.2. The molecule has 0 aliphatic carbocycles. The molecule has 1 fully saturated rings. The van der Waals surface area contributed by atoms with Gasteiger partial charge in [-0.05, 0) is 47.7 Å². The Morgan fingerprint density at radius 2 is 2.19 bits per heavy atom. The van der Waals surface area contributed by atoms with Crippen LogP contribution in [0.4, 0.5) is 5.69 Å². The van der Waals surface area contributed by atoms with Crippen LogP contribution < -0.4 is 5.32 Å². The molecular weight excluding hydrogens is 387 g/mol. The SMILES string of the molecule is CCN1CC(C(=O)Nc2ccc(I)cc2C(=O)O)CC1=O. The summed E-state index contributed by atoms with van der Waals surface area (Å²) in [6, 6.07) is 4.79. The van der Waals surface area contributed by atoms with Crippen molar-refractivity contribution < 1.29 is 19.5 Å². The lowest BCUT2D eigenvalue weighted by Gasteiger charge is -2.14. The summed E-state index contributed by atoms with van der Waals surface area (Å²) in [7, 11) is 0. The molecule has 112 valence electrons. The molecule has 1 atom stereocenters. The van der Waals surface area contributed by atoms with E-state index in [0.717, 1.165) is 3.57 Å². The predicted molar refractivity (Wildman–Crippen MR) is 85.1 cm³/mol. The van der Waals surface area contributed by atoms with E-state index in [2.05, 4.69) is 5.32 Å². The molecule has 0 aromatic heterocycles. The Labute approximate surface area is 135 Å². The van der Waals surface area contributed by atoms with Crippen LogP contribution in [-0.4, -0.2) is 40.9 Å². The Balaban J connectivity index is 2.14. The van der Waals surface area contributed by atoms with E-state index in [4.69, 9.17) is 0 Å². The van der Waals surface area contributed by atoms with Crippen molar-refractivity contribution in [3.8, 4) is 0 Å². The minimum atomic E-state index is -1.10. The zero-order chi connectivity index (χ0) is 15.6. The van der Waals surface area contributed by atoms with Crippen LogP contribution in [0.1, 0.15) is 23.7 Å². The molecule has 2 N–H and O–H groups in total. The van der Waals surface area contributed by atoms with Gasteiger partial charge in [-0.2, -0.15) is 0 Å². The first-order valence-electron chi connectivity index (χ1n) is 6.53. The number of amides is 2. The summed E-state index contributed by atoms with van der Waals surface area (Å²) in [6.45, 7) is 2.82. The van der Waals surface area contributed by atoms with Gasteiger partial charge in [0.25, 0.3) is 0 Å². The maximum atomic E-state index is 12.2. The Morgan fingerprint density at radius 1 is 1.48 bits per heavy atom. The average molecular weight is 402 g/mol. The highest BCUT2D eigenvalue weighted by Gasteiger charge is 2.33. The second kappa shape index (κ2) is 6.42. The van der Waals surface area contributed by atoms with Crippen LogP contribution in [0.5, 0.6) is 0 Å². The van der Waals surface area contributed by atoms with Gasteiger partial charge in [-0.25, -0.2) is 4.79 Å². The van der Waals surface area contributed by atoms with Crippen molar-refractivity contribution in [2.45, 2.75) is 13.3 Å². The third-order valence-corrected chi connectivity index (χ3v) is 4.11. The zero-order valence-corrected chi connectivity index (χ0v) is 13.6. The standard InChI is InChI=1S/C14H15IN2O4/c1-2-17-7-8(5-12(17)18)13(19)16-11-4-3-9(15)6-10(11)14(20)21/h3-4,6,8H,2,5,7H2,1H3,(H,16,19)(H,20,21). The van der Waals surface area contributed by atoms with Gasteiger partial charge in [0.1, 0.15) is 0 Å². The molecule has 0 bridgehead atoms. The number of hydrogen-bond donors (Lipinski definition) is 2. The average Bonchev–Trinajstić information content (AvgIpc) is 2.81. The molecule has 0 spiro atoms. The lowest BCUT2D eigenvalue weighted by Crippen LogP contribution is -2.28. The molecule has 1 aliphatic rings. The number of benzene rings is 1. The van der Waals surface area contributed by atoms with E-state index in [1.807, 2.05) is 29.5 Å². The highest BCUT2D eigenvalue weighted by atomic mass is 127. The number of hydrogen-bond acceptors (Lipinski definition) is 3. The molecule has 1 aromatic carbocycles. The normalized spacial score (nSPS) is 17.9. The van der Waals surface area contributed by atoms with Crippen molar-refractivity contribution in [3.05, 3.63) is 27.3 Å².